The zero-order valence-corrected chi connectivity index (χ0v) is 12.7. The van der Waals surface area contributed by atoms with Gasteiger partial charge in [-0.1, -0.05) is 26.7 Å². The van der Waals surface area contributed by atoms with Crippen molar-refractivity contribution in [3.63, 3.8) is 0 Å². The fourth-order valence-corrected chi connectivity index (χ4v) is 3.62. The predicted molar refractivity (Wildman–Crippen MR) is 79.5 cm³/mol. The van der Waals surface area contributed by atoms with E-state index in [1.807, 2.05) is 0 Å². The van der Waals surface area contributed by atoms with Crippen LogP contribution in [0.5, 0.6) is 0 Å². The van der Waals surface area contributed by atoms with Crippen LogP contribution in [0.2, 0.25) is 0 Å². The Morgan fingerprint density at radius 1 is 1.40 bits per heavy atom. The Morgan fingerprint density at radius 2 is 2.20 bits per heavy atom. The van der Waals surface area contributed by atoms with E-state index in [-0.39, 0.29) is 0 Å². The molecule has 3 heteroatoms. The predicted octanol–water partition coefficient (Wildman–Crippen LogP) is 3.43. The molecule has 2 fully saturated rings. The van der Waals surface area contributed by atoms with Gasteiger partial charge in [0.2, 0.25) is 0 Å². The standard InChI is InChI=1S/C17H27NO2/c1-12-4-3-7-17(19,9-12)11-18-10-14-5-6-16(20-14)15-8-13(15)2/h5-6,12-13,15,18-19H,3-4,7-11H2,1-2H3. The third-order valence-electron chi connectivity index (χ3n) is 4.98. The number of aliphatic hydroxyl groups is 1. The molecule has 3 nitrogen and oxygen atoms in total. The highest BCUT2D eigenvalue weighted by atomic mass is 16.3. The Kier molecular flexibility index (Phi) is 3.91. The molecule has 2 aliphatic carbocycles. The number of furan rings is 1. The fourth-order valence-electron chi connectivity index (χ4n) is 3.62. The molecular formula is C17H27NO2. The molecule has 0 aromatic carbocycles. The highest BCUT2D eigenvalue weighted by molar-refractivity contribution is 5.17. The van der Waals surface area contributed by atoms with Gasteiger partial charge in [0.1, 0.15) is 11.5 Å². The zero-order chi connectivity index (χ0) is 14.2. The summed E-state index contributed by atoms with van der Waals surface area (Å²) in [6.07, 6.45) is 5.50. The third-order valence-corrected chi connectivity index (χ3v) is 4.98. The number of hydrogen-bond donors (Lipinski definition) is 2. The summed E-state index contributed by atoms with van der Waals surface area (Å²) >= 11 is 0. The molecule has 1 aromatic heterocycles. The van der Waals surface area contributed by atoms with E-state index in [9.17, 15) is 5.11 Å². The highest BCUT2D eigenvalue weighted by Gasteiger charge is 2.36. The van der Waals surface area contributed by atoms with E-state index in [0.29, 0.717) is 18.4 Å². The van der Waals surface area contributed by atoms with Crippen molar-refractivity contribution >= 4 is 0 Å². The Morgan fingerprint density at radius 3 is 2.90 bits per heavy atom. The van der Waals surface area contributed by atoms with E-state index in [1.165, 1.54) is 12.8 Å². The largest absolute Gasteiger partial charge is 0.464 e. The van der Waals surface area contributed by atoms with Crippen LogP contribution in [0.3, 0.4) is 0 Å². The lowest BCUT2D eigenvalue weighted by molar-refractivity contribution is -0.0121. The van der Waals surface area contributed by atoms with Gasteiger partial charge in [-0.25, -0.2) is 0 Å². The number of nitrogens with one attached hydrogen (secondary N) is 1. The molecule has 3 rings (SSSR count). The van der Waals surface area contributed by atoms with Crippen molar-refractivity contribution in [3.8, 4) is 0 Å². The quantitative estimate of drug-likeness (QED) is 0.866. The van der Waals surface area contributed by atoms with E-state index in [4.69, 9.17) is 4.42 Å². The van der Waals surface area contributed by atoms with Gasteiger partial charge in [0.25, 0.3) is 0 Å². The molecule has 2 saturated carbocycles. The topological polar surface area (TPSA) is 45.4 Å². The second kappa shape index (κ2) is 5.53. The molecule has 0 spiro atoms. The third kappa shape index (κ3) is 3.26. The Bertz CT molecular complexity index is 456. The van der Waals surface area contributed by atoms with Crippen molar-refractivity contribution in [2.45, 2.75) is 64.0 Å². The van der Waals surface area contributed by atoms with Gasteiger partial charge >= 0.3 is 0 Å². The summed E-state index contributed by atoms with van der Waals surface area (Å²) in [5.74, 6) is 4.20. The first-order valence-electron chi connectivity index (χ1n) is 8.07. The first-order chi connectivity index (χ1) is 9.56. The summed E-state index contributed by atoms with van der Waals surface area (Å²) in [5, 5.41) is 13.9. The summed E-state index contributed by atoms with van der Waals surface area (Å²) < 4.78 is 5.88. The van der Waals surface area contributed by atoms with Gasteiger partial charge in [0.15, 0.2) is 0 Å². The number of hydrogen-bond acceptors (Lipinski definition) is 3. The van der Waals surface area contributed by atoms with Crippen LogP contribution in [-0.4, -0.2) is 17.3 Å². The van der Waals surface area contributed by atoms with Crippen LogP contribution in [0.1, 0.15) is 63.4 Å². The molecule has 0 saturated heterocycles. The average Bonchev–Trinajstić information content (AvgIpc) is 2.93. The molecule has 0 radical (unpaired) electrons. The highest BCUT2D eigenvalue weighted by Crippen LogP contribution is 2.47. The van der Waals surface area contributed by atoms with Crippen LogP contribution >= 0.6 is 0 Å². The lowest BCUT2D eigenvalue weighted by Gasteiger charge is -2.35. The van der Waals surface area contributed by atoms with Crippen LogP contribution in [0, 0.1) is 11.8 Å². The minimum atomic E-state index is -0.516. The Hall–Kier alpha value is -0.800. The van der Waals surface area contributed by atoms with Gasteiger partial charge in [0, 0.05) is 12.5 Å². The van der Waals surface area contributed by atoms with Crippen molar-refractivity contribution in [1.82, 2.24) is 5.32 Å². The van der Waals surface area contributed by atoms with Crippen molar-refractivity contribution in [2.24, 2.45) is 11.8 Å². The molecule has 20 heavy (non-hydrogen) atoms. The van der Waals surface area contributed by atoms with Crippen molar-refractivity contribution in [2.75, 3.05) is 6.54 Å². The summed E-state index contributed by atoms with van der Waals surface area (Å²) in [6, 6.07) is 4.18. The molecule has 1 aromatic rings. The SMILES string of the molecule is CC1CCCC(O)(CNCc2ccc(C3CC3C)o2)C1. The number of rotatable bonds is 5. The Balaban J connectivity index is 1.46. The van der Waals surface area contributed by atoms with Gasteiger partial charge in [-0.3, -0.25) is 0 Å². The molecule has 112 valence electrons. The lowest BCUT2D eigenvalue weighted by atomic mass is 9.79. The normalized spacial score (nSPS) is 37.0. The molecule has 1 heterocycles. The first-order valence-corrected chi connectivity index (χ1v) is 8.07. The minimum Gasteiger partial charge on any atom is -0.464 e. The van der Waals surface area contributed by atoms with Crippen LogP contribution in [0.25, 0.3) is 0 Å². The summed E-state index contributed by atoms with van der Waals surface area (Å²) in [4.78, 5) is 0. The van der Waals surface area contributed by atoms with Gasteiger partial charge in [0.05, 0.1) is 12.1 Å². The van der Waals surface area contributed by atoms with Crippen LogP contribution in [-0.2, 0) is 6.54 Å². The second-order valence-electron chi connectivity index (χ2n) is 7.15. The van der Waals surface area contributed by atoms with Crippen molar-refractivity contribution in [3.05, 3.63) is 23.7 Å². The average molecular weight is 277 g/mol. The van der Waals surface area contributed by atoms with Crippen LogP contribution in [0.4, 0.5) is 0 Å². The van der Waals surface area contributed by atoms with E-state index >= 15 is 0 Å². The fraction of sp³-hybridized carbons (Fsp3) is 0.765. The van der Waals surface area contributed by atoms with Crippen LogP contribution < -0.4 is 5.32 Å². The molecule has 0 bridgehead atoms. The van der Waals surface area contributed by atoms with E-state index in [2.05, 4.69) is 31.3 Å². The van der Waals surface area contributed by atoms with E-state index in [0.717, 1.165) is 43.2 Å². The summed E-state index contributed by atoms with van der Waals surface area (Å²) in [5.41, 5.74) is -0.516. The summed E-state index contributed by atoms with van der Waals surface area (Å²) in [7, 11) is 0. The van der Waals surface area contributed by atoms with Gasteiger partial charge in [-0.2, -0.15) is 0 Å². The molecule has 4 unspecified atom stereocenters. The maximum Gasteiger partial charge on any atom is 0.117 e. The molecule has 4 atom stereocenters. The monoisotopic (exact) mass is 277 g/mol. The maximum absolute atomic E-state index is 10.6. The van der Waals surface area contributed by atoms with E-state index in [1.54, 1.807) is 0 Å². The van der Waals surface area contributed by atoms with Gasteiger partial charge in [-0.15, -0.1) is 0 Å². The Labute approximate surface area is 121 Å². The molecule has 2 N–H and O–H groups in total. The first kappa shape index (κ1) is 14.2. The second-order valence-corrected chi connectivity index (χ2v) is 7.15. The molecular weight excluding hydrogens is 250 g/mol. The molecule has 0 aliphatic heterocycles. The van der Waals surface area contributed by atoms with Crippen molar-refractivity contribution in [1.29, 1.82) is 0 Å². The maximum atomic E-state index is 10.6. The molecule has 0 amide bonds. The lowest BCUT2D eigenvalue weighted by Crippen LogP contribution is -2.43. The van der Waals surface area contributed by atoms with Crippen molar-refractivity contribution < 1.29 is 9.52 Å². The van der Waals surface area contributed by atoms with Gasteiger partial charge in [-0.05, 0) is 43.2 Å². The summed E-state index contributed by atoms with van der Waals surface area (Å²) in [6.45, 7) is 5.90. The molecule has 2 aliphatic rings. The van der Waals surface area contributed by atoms with E-state index < -0.39 is 5.60 Å². The smallest absolute Gasteiger partial charge is 0.117 e. The van der Waals surface area contributed by atoms with Gasteiger partial charge < -0.3 is 14.8 Å². The minimum absolute atomic E-state index is 0.516. The zero-order valence-electron chi connectivity index (χ0n) is 12.7. The van der Waals surface area contributed by atoms with Crippen LogP contribution in [0.15, 0.2) is 16.5 Å².